The molecule has 0 spiro atoms. The molecule has 7 nitrogen and oxygen atoms in total. The zero-order valence-electron chi connectivity index (χ0n) is 15.7. The number of hydrogen-bond donors (Lipinski definition) is 2. The molecular formula is C19H24ClN4O3S+. The minimum Gasteiger partial charge on any atom is -0.370 e. The predicted octanol–water partition coefficient (Wildman–Crippen LogP) is 1.10. The Kier molecular flexibility index (Phi) is 7.38. The first-order valence-electron chi connectivity index (χ1n) is 9.19. The van der Waals surface area contributed by atoms with Gasteiger partial charge in [-0.2, -0.15) is 0 Å². The van der Waals surface area contributed by atoms with Gasteiger partial charge in [0.15, 0.2) is 5.13 Å². The third-order valence-electron chi connectivity index (χ3n) is 4.49. The minimum absolute atomic E-state index is 0.0340. The van der Waals surface area contributed by atoms with Crippen molar-refractivity contribution in [3.63, 3.8) is 0 Å². The zero-order valence-corrected chi connectivity index (χ0v) is 17.3. The summed E-state index contributed by atoms with van der Waals surface area (Å²) in [6.45, 7) is 6.33. The number of carbonyl (C=O) groups is 2. The van der Waals surface area contributed by atoms with E-state index in [9.17, 15) is 9.59 Å². The van der Waals surface area contributed by atoms with Crippen molar-refractivity contribution in [3.05, 3.63) is 45.9 Å². The van der Waals surface area contributed by atoms with Crippen molar-refractivity contribution in [1.82, 2.24) is 9.88 Å². The standard InChI is InChI=1S/C19H23ClN4O3S/c1-14-13-28-19(21-14)22-17(25)12-24(6-5-23-7-9-27-10-8-23)18(26)15-3-2-4-16(20)11-15/h2-4,11,13H,5-10,12H2,1H3,(H,21,22,25)/p+1. The number of rotatable bonds is 7. The van der Waals surface area contributed by atoms with Crippen LogP contribution in [-0.4, -0.2) is 67.6 Å². The molecule has 1 saturated heterocycles. The van der Waals surface area contributed by atoms with Gasteiger partial charge in [0, 0.05) is 16.0 Å². The van der Waals surface area contributed by atoms with Gasteiger partial charge in [-0.15, -0.1) is 11.3 Å². The van der Waals surface area contributed by atoms with E-state index in [1.807, 2.05) is 12.3 Å². The highest BCUT2D eigenvalue weighted by molar-refractivity contribution is 7.13. The number of ether oxygens (including phenoxy) is 1. The minimum atomic E-state index is -0.262. The summed E-state index contributed by atoms with van der Waals surface area (Å²) in [5.41, 5.74) is 1.32. The molecule has 28 heavy (non-hydrogen) atoms. The van der Waals surface area contributed by atoms with E-state index in [4.69, 9.17) is 16.3 Å². The maximum absolute atomic E-state index is 13.0. The lowest BCUT2D eigenvalue weighted by Crippen LogP contribution is -3.14. The molecule has 9 heteroatoms. The van der Waals surface area contributed by atoms with Crippen LogP contribution in [0.4, 0.5) is 5.13 Å². The first-order valence-corrected chi connectivity index (χ1v) is 10.4. The second kappa shape index (κ2) is 9.97. The van der Waals surface area contributed by atoms with Crippen molar-refractivity contribution in [2.45, 2.75) is 6.92 Å². The summed E-state index contributed by atoms with van der Waals surface area (Å²) in [6.07, 6.45) is 0. The van der Waals surface area contributed by atoms with E-state index >= 15 is 0 Å². The highest BCUT2D eigenvalue weighted by atomic mass is 35.5. The number of aromatic nitrogens is 1. The third kappa shape index (κ3) is 6.00. The molecule has 2 amide bonds. The molecule has 0 radical (unpaired) electrons. The quantitative estimate of drug-likeness (QED) is 0.699. The van der Waals surface area contributed by atoms with Crippen LogP contribution in [0.2, 0.25) is 5.02 Å². The highest BCUT2D eigenvalue weighted by Gasteiger charge is 2.22. The van der Waals surface area contributed by atoms with Crippen LogP contribution in [0.25, 0.3) is 0 Å². The normalized spacial score (nSPS) is 14.6. The number of quaternary nitrogens is 1. The van der Waals surface area contributed by atoms with Crippen LogP contribution in [-0.2, 0) is 9.53 Å². The topological polar surface area (TPSA) is 76.0 Å². The molecule has 2 N–H and O–H groups in total. The van der Waals surface area contributed by atoms with Crippen LogP contribution < -0.4 is 10.2 Å². The fourth-order valence-electron chi connectivity index (χ4n) is 3.00. The molecule has 0 saturated carbocycles. The van der Waals surface area contributed by atoms with Gasteiger partial charge in [-0.05, 0) is 25.1 Å². The van der Waals surface area contributed by atoms with Gasteiger partial charge in [0.25, 0.3) is 5.91 Å². The summed E-state index contributed by atoms with van der Waals surface area (Å²) in [5, 5.41) is 5.67. The van der Waals surface area contributed by atoms with Gasteiger partial charge in [0.1, 0.15) is 19.6 Å². The molecule has 2 aromatic rings. The Labute approximate surface area is 173 Å². The number of anilines is 1. The molecular weight excluding hydrogens is 400 g/mol. The van der Waals surface area contributed by atoms with Gasteiger partial charge in [-0.1, -0.05) is 17.7 Å². The van der Waals surface area contributed by atoms with Crippen LogP contribution >= 0.6 is 22.9 Å². The lowest BCUT2D eigenvalue weighted by molar-refractivity contribution is -0.907. The highest BCUT2D eigenvalue weighted by Crippen LogP contribution is 2.15. The van der Waals surface area contributed by atoms with E-state index in [1.54, 1.807) is 29.2 Å². The first-order chi connectivity index (χ1) is 13.5. The Morgan fingerprint density at radius 1 is 1.36 bits per heavy atom. The first kappa shape index (κ1) is 20.7. The van der Waals surface area contributed by atoms with Gasteiger partial charge in [-0.3, -0.25) is 9.59 Å². The number of thiazole rings is 1. The van der Waals surface area contributed by atoms with Crippen LogP contribution in [0, 0.1) is 6.92 Å². The summed E-state index contributed by atoms with van der Waals surface area (Å²) >= 11 is 7.40. The molecule has 150 valence electrons. The van der Waals surface area contributed by atoms with Crippen LogP contribution in [0.1, 0.15) is 16.1 Å². The van der Waals surface area contributed by atoms with E-state index in [2.05, 4.69) is 10.3 Å². The van der Waals surface area contributed by atoms with Crippen molar-refractivity contribution in [2.75, 3.05) is 51.3 Å². The predicted molar refractivity (Wildman–Crippen MR) is 109 cm³/mol. The Hall–Kier alpha value is -2.00. The van der Waals surface area contributed by atoms with Crippen molar-refractivity contribution in [2.24, 2.45) is 0 Å². The summed E-state index contributed by atoms with van der Waals surface area (Å²) in [7, 11) is 0. The number of carbonyl (C=O) groups excluding carboxylic acids is 2. The number of nitrogens with zero attached hydrogens (tertiary/aromatic N) is 2. The Balaban J connectivity index is 1.67. The van der Waals surface area contributed by atoms with Crippen molar-refractivity contribution < 1.29 is 19.2 Å². The molecule has 0 bridgehead atoms. The number of aryl methyl sites for hydroxylation is 1. The molecule has 0 unspecified atom stereocenters. The second-order valence-corrected chi connectivity index (χ2v) is 7.99. The van der Waals surface area contributed by atoms with Gasteiger partial charge in [0.2, 0.25) is 5.91 Å². The molecule has 1 fully saturated rings. The van der Waals surface area contributed by atoms with E-state index in [1.165, 1.54) is 16.2 Å². The Morgan fingerprint density at radius 2 is 2.14 bits per heavy atom. The summed E-state index contributed by atoms with van der Waals surface area (Å²) < 4.78 is 5.38. The number of hydrogen-bond acceptors (Lipinski definition) is 5. The number of benzene rings is 1. The van der Waals surface area contributed by atoms with Gasteiger partial charge in [0.05, 0.1) is 32.0 Å². The van der Waals surface area contributed by atoms with E-state index in [0.717, 1.165) is 38.5 Å². The molecule has 2 heterocycles. The summed E-state index contributed by atoms with van der Waals surface area (Å²) in [6, 6.07) is 6.79. The van der Waals surface area contributed by atoms with Crippen molar-refractivity contribution >= 4 is 39.9 Å². The summed E-state index contributed by atoms with van der Waals surface area (Å²) in [4.78, 5) is 32.7. The number of halogens is 1. The SMILES string of the molecule is Cc1csc(NC(=O)CN(CC[NH+]2CCOCC2)C(=O)c2cccc(Cl)c2)n1. The molecule has 1 aromatic heterocycles. The van der Waals surface area contributed by atoms with Crippen molar-refractivity contribution in [3.8, 4) is 0 Å². The Bertz CT molecular complexity index is 823. The summed E-state index contributed by atoms with van der Waals surface area (Å²) in [5.74, 6) is -0.470. The maximum Gasteiger partial charge on any atom is 0.254 e. The Morgan fingerprint density at radius 3 is 2.82 bits per heavy atom. The molecule has 0 atom stereocenters. The number of amides is 2. The van der Waals surface area contributed by atoms with E-state index < -0.39 is 0 Å². The monoisotopic (exact) mass is 423 g/mol. The lowest BCUT2D eigenvalue weighted by atomic mass is 10.2. The van der Waals surface area contributed by atoms with Crippen LogP contribution in [0.5, 0.6) is 0 Å². The van der Waals surface area contributed by atoms with E-state index in [0.29, 0.717) is 22.3 Å². The molecule has 1 aliphatic heterocycles. The van der Waals surface area contributed by atoms with E-state index in [-0.39, 0.29) is 18.4 Å². The fraction of sp³-hybridized carbons (Fsp3) is 0.421. The third-order valence-corrected chi connectivity index (χ3v) is 5.60. The zero-order chi connectivity index (χ0) is 19.9. The largest absolute Gasteiger partial charge is 0.370 e. The fourth-order valence-corrected chi connectivity index (χ4v) is 3.90. The average molecular weight is 424 g/mol. The second-order valence-electron chi connectivity index (χ2n) is 6.69. The maximum atomic E-state index is 13.0. The number of morpholine rings is 1. The lowest BCUT2D eigenvalue weighted by Gasteiger charge is -2.27. The van der Waals surface area contributed by atoms with Crippen LogP contribution in [0.15, 0.2) is 29.6 Å². The average Bonchev–Trinajstić information content (AvgIpc) is 3.10. The molecule has 3 rings (SSSR count). The molecule has 0 aliphatic carbocycles. The van der Waals surface area contributed by atoms with Gasteiger partial charge < -0.3 is 19.9 Å². The molecule has 1 aromatic carbocycles. The number of nitrogens with one attached hydrogen (secondary N) is 2. The van der Waals surface area contributed by atoms with Gasteiger partial charge in [-0.25, -0.2) is 4.98 Å². The molecule has 1 aliphatic rings. The van der Waals surface area contributed by atoms with Gasteiger partial charge >= 0.3 is 0 Å². The smallest absolute Gasteiger partial charge is 0.254 e. The van der Waals surface area contributed by atoms with Crippen LogP contribution in [0.3, 0.4) is 0 Å². The van der Waals surface area contributed by atoms with Crippen molar-refractivity contribution in [1.29, 1.82) is 0 Å².